The summed E-state index contributed by atoms with van der Waals surface area (Å²) in [6.07, 6.45) is -0.129. The Morgan fingerprint density at radius 3 is 2.24 bits per heavy atom. The van der Waals surface area contributed by atoms with Gasteiger partial charge in [0.2, 0.25) is 5.91 Å². The largest absolute Gasteiger partial charge is 0.369 e. The third kappa shape index (κ3) is 7.00. The highest BCUT2D eigenvalue weighted by Gasteiger charge is 2.16. The molecule has 0 saturated carbocycles. The van der Waals surface area contributed by atoms with Gasteiger partial charge in [0.1, 0.15) is 17.5 Å². The second-order valence-electron chi connectivity index (χ2n) is 8.16. The van der Waals surface area contributed by atoms with E-state index in [0.29, 0.717) is 11.5 Å². The number of nitrogens with zero attached hydrogens (tertiary/aromatic N) is 2. The highest BCUT2D eigenvalue weighted by molar-refractivity contribution is 5.95. The van der Waals surface area contributed by atoms with E-state index in [0.717, 1.165) is 43.7 Å². The predicted octanol–water partition coefficient (Wildman–Crippen LogP) is 4.85. The first-order valence-electron chi connectivity index (χ1n) is 9.86. The zero-order chi connectivity index (χ0) is 21.6. The summed E-state index contributed by atoms with van der Waals surface area (Å²) in [7, 11) is 0. The molecule has 2 aromatic rings. The van der Waals surface area contributed by atoms with Crippen LogP contribution in [0.25, 0.3) is 0 Å². The summed E-state index contributed by atoms with van der Waals surface area (Å²) in [6, 6.07) is 6.72. The summed E-state index contributed by atoms with van der Waals surface area (Å²) >= 11 is 0. The fourth-order valence-electron chi connectivity index (χ4n) is 2.86. The number of halogens is 2. The number of hydrogen-bond acceptors (Lipinski definition) is 4. The molecule has 2 N–H and O–H groups in total. The number of nitrogens with one attached hydrogen (secondary N) is 2. The molecule has 0 aliphatic heterocycles. The van der Waals surface area contributed by atoms with Gasteiger partial charge >= 0.3 is 0 Å². The zero-order valence-electron chi connectivity index (χ0n) is 17.8. The molecule has 7 heteroatoms. The van der Waals surface area contributed by atoms with Crippen LogP contribution in [0.3, 0.4) is 0 Å². The van der Waals surface area contributed by atoms with Crippen LogP contribution in [0.2, 0.25) is 0 Å². The maximum absolute atomic E-state index is 13.4. The van der Waals surface area contributed by atoms with Gasteiger partial charge in [0.25, 0.3) is 0 Å². The van der Waals surface area contributed by atoms with Gasteiger partial charge in [0.15, 0.2) is 5.82 Å². The number of benzene rings is 1. The lowest BCUT2D eigenvalue weighted by molar-refractivity contribution is -0.115. The molecule has 1 aromatic heterocycles. The van der Waals surface area contributed by atoms with Crippen LogP contribution in [0.1, 0.15) is 40.2 Å². The average Bonchev–Trinajstić information content (AvgIpc) is 2.61. The zero-order valence-corrected chi connectivity index (χ0v) is 17.8. The number of aromatic nitrogens is 1. The molecule has 0 saturated heterocycles. The van der Waals surface area contributed by atoms with Gasteiger partial charge < -0.3 is 15.5 Å². The van der Waals surface area contributed by atoms with E-state index < -0.39 is 11.6 Å². The minimum Gasteiger partial charge on any atom is -0.369 e. The minimum absolute atomic E-state index is 0.101. The molecule has 29 heavy (non-hydrogen) atoms. The fraction of sp³-hybridized carbons (Fsp3) is 0.455. The molecule has 0 aliphatic carbocycles. The second kappa shape index (κ2) is 9.67. The Kier molecular flexibility index (Phi) is 7.53. The molecule has 0 fully saturated rings. The number of carbonyl (C=O) groups is 1. The molecular weight excluding hydrogens is 374 g/mol. The Morgan fingerprint density at radius 2 is 1.69 bits per heavy atom. The lowest BCUT2D eigenvalue weighted by Gasteiger charge is -2.25. The number of pyridine rings is 1. The molecular formula is C22H30F2N4O. The maximum Gasteiger partial charge on any atom is 0.228 e. The van der Waals surface area contributed by atoms with Crippen molar-refractivity contribution in [3.05, 3.63) is 47.5 Å². The van der Waals surface area contributed by atoms with E-state index >= 15 is 0 Å². The number of carbonyl (C=O) groups excluding carboxylic acids is 1. The molecule has 1 heterocycles. The summed E-state index contributed by atoms with van der Waals surface area (Å²) in [5, 5.41) is 6.16. The summed E-state index contributed by atoms with van der Waals surface area (Å²) < 4.78 is 26.7. The van der Waals surface area contributed by atoms with E-state index in [2.05, 4.69) is 36.4 Å². The summed E-state index contributed by atoms with van der Waals surface area (Å²) in [5.41, 5.74) is 0.946. The van der Waals surface area contributed by atoms with Crippen molar-refractivity contribution < 1.29 is 13.6 Å². The van der Waals surface area contributed by atoms with E-state index in [1.54, 1.807) is 6.07 Å². The Balaban J connectivity index is 2.21. The van der Waals surface area contributed by atoms with Crippen molar-refractivity contribution in [2.75, 3.05) is 35.2 Å². The van der Waals surface area contributed by atoms with Crippen molar-refractivity contribution in [1.82, 2.24) is 4.98 Å². The molecule has 2 rings (SSSR count). The molecule has 0 aliphatic rings. The van der Waals surface area contributed by atoms with E-state index in [9.17, 15) is 13.6 Å². The van der Waals surface area contributed by atoms with Gasteiger partial charge in [0, 0.05) is 25.7 Å². The Hall–Kier alpha value is -2.70. The van der Waals surface area contributed by atoms with Gasteiger partial charge in [-0.1, -0.05) is 20.8 Å². The standard InChI is InChI=1S/C22H30F2N4O/c1-6-28(7-2)21-18(8-9-19(27-21)25-14-22(3,4)5)26-20(29)12-15-10-16(23)13-17(24)11-15/h8-11,13H,6-7,12,14H2,1-5H3,(H,25,27)(H,26,29). The number of rotatable bonds is 8. The summed E-state index contributed by atoms with van der Waals surface area (Å²) in [5.74, 6) is -0.375. The van der Waals surface area contributed by atoms with Gasteiger partial charge in [0.05, 0.1) is 12.1 Å². The van der Waals surface area contributed by atoms with E-state index in [-0.39, 0.29) is 23.3 Å². The van der Waals surface area contributed by atoms with Crippen LogP contribution in [0.15, 0.2) is 30.3 Å². The van der Waals surface area contributed by atoms with Crippen LogP contribution < -0.4 is 15.5 Å². The van der Waals surface area contributed by atoms with Crippen LogP contribution in [0.5, 0.6) is 0 Å². The monoisotopic (exact) mass is 404 g/mol. The van der Waals surface area contributed by atoms with Crippen LogP contribution in [0, 0.1) is 17.0 Å². The number of anilines is 3. The van der Waals surface area contributed by atoms with Crippen LogP contribution >= 0.6 is 0 Å². The summed E-state index contributed by atoms with van der Waals surface area (Å²) in [4.78, 5) is 19.2. The second-order valence-corrected chi connectivity index (χ2v) is 8.16. The van der Waals surface area contributed by atoms with Crippen LogP contribution in [-0.2, 0) is 11.2 Å². The quantitative estimate of drug-likeness (QED) is 0.661. The third-order valence-electron chi connectivity index (χ3n) is 4.30. The normalized spacial score (nSPS) is 11.3. The maximum atomic E-state index is 13.4. The lowest BCUT2D eigenvalue weighted by atomic mass is 9.97. The van der Waals surface area contributed by atoms with Crippen molar-refractivity contribution >= 4 is 23.2 Å². The van der Waals surface area contributed by atoms with E-state index in [1.165, 1.54) is 0 Å². The van der Waals surface area contributed by atoms with Gasteiger partial charge in [-0.2, -0.15) is 0 Å². The minimum atomic E-state index is -0.701. The average molecular weight is 405 g/mol. The summed E-state index contributed by atoms with van der Waals surface area (Å²) in [6.45, 7) is 12.6. The topological polar surface area (TPSA) is 57.3 Å². The predicted molar refractivity (Wildman–Crippen MR) is 114 cm³/mol. The highest BCUT2D eigenvalue weighted by Crippen LogP contribution is 2.27. The van der Waals surface area contributed by atoms with Gasteiger partial charge in [-0.15, -0.1) is 0 Å². The van der Waals surface area contributed by atoms with Crippen molar-refractivity contribution in [3.8, 4) is 0 Å². The highest BCUT2D eigenvalue weighted by atomic mass is 19.1. The molecule has 1 aromatic carbocycles. The first kappa shape index (κ1) is 22.6. The molecule has 0 bridgehead atoms. The van der Waals surface area contributed by atoms with Crippen LogP contribution in [0.4, 0.5) is 26.1 Å². The molecule has 158 valence electrons. The first-order valence-corrected chi connectivity index (χ1v) is 9.86. The van der Waals surface area contributed by atoms with Crippen molar-refractivity contribution in [3.63, 3.8) is 0 Å². The van der Waals surface area contributed by atoms with Crippen LogP contribution in [-0.4, -0.2) is 30.5 Å². The Bertz CT molecular complexity index is 825. The Labute approximate surface area is 171 Å². The Morgan fingerprint density at radius 1 is 1.07 bits per heavy atom. The molecule has 0 atom stereocenters. The fourth-order valence-corrected chi connectivity index (χ4v) is 2.86. The van der Waals surface area contributed by atoms with E-state index in [4.69, 9.17) is 0 Å². The van der Waals surface area contributed by atoms with Crippen molar-refractivity contribution in [2.24, 2.45) is 5.41 Å². The van der Waals surface area contributed by atoms with Gasteiger partial charge in [-0.3, -0.25) is 4.79 Å². The van der Waals surface area contributed by atoms with E-state index in [1.807, 2.05) is 24.8 Å². The number of hydrogen-bond donors (Lipinski definition) is 2. The van der Waals surface area contributed by atoms with Gasteiger partial charge in [-0.05, 0) is 49.1 Å². The SMILES string of the molecule is CCN(CC)c1nc(NCC(C)(C)C)ccc1NC(=O)Cc1cc(F)cc(F)c1. The smallest absolute Gasteiger partial charge is 0.228 e. The lowest BCUT2D eigenvalue weighted by Crippen LogP contribution is -2.26. The van der Waals surface area contributed by atoms with Crippen molar-refractivity contribution in [1.29, 1.82) is 0 Å². The molecule has 0 unspecified atom stereocenters. The first-order chi connectivity index (χ1) is 13.6. The van der Waals surface area contributed by atoms with Crippen molar-refractivity contribution in [2.45, 2.75) is 41.0 Å². The third-order valence-corrected chi connectivity index (χ3v) is 4.30. The molecule has 0 radical (unpaired) electrons. The molecule has 5 nitrogen and oxygen atoms in total. The van der Waals surface area contributed by atoms with Gasteiger partial charge in [-0.25, -0.2) is 13.8 Å². The molecule has 0 spiro atoms. The molecule has 1 amide bonds. The number of amides is 1.